The van der Waals surface area contributed by atoms with E-state index in [9.17, 15) is 19.8 Å². The Morgan fingerprint density at radius 1 is 1.23 bits per heavy atom. The summed E-state index contributed by atoms with van der Waals surface area (Å²) in [4.78, 5) is 25.5. The summed E-state index contributed by atoms with van der Waals surface area (Å²) in [5.74, 6) is -1.96. The molecule has 1 aromatic rings. The van der Waals surface area contributed by atoms with Gasteiger partial charge in [-0.05, 0) is 38.1 Å². The number of hydrogen-bond donors (Lipinski definition) is 3. The van der Waals surface area contributed by atoms with Crippen LogP contribution >= 0.6 is 0 Å². The van der Waals surface area contributed by atoms with Crippen molar-refractivity contribution in [3.63, 3.8) is 0 Å². The van der Waals surface area contributed by atoms with Gasteiger partial charge in [0.25, 0.3) is 0 Å². The van der Waals surface area contributed by atoms with Crippen molar-refractivity contribution in [2.24, 2.45) is 5.92 Å². The van der Waals surface area contributed by atoms with Gasteiger partial charge in [0.05, 0.1) is 5.92 Å². The summed E-state index contributed by atoms with van der Waals surface area (Å²) >= 11 is 0. The molecule has 3 N–H and O–H groups in total. The highest BCUT2D eigenvalue weighted by Crippen LogP contribution is 2.17. The van der Waals surface area contributed by atoms with E-state index in [1.165, 1.54) is 18.6 Å². The smallest absolute Gasteiger partial charge is 0.308 e. The first kappa shape index (κ1) is 16.3. The van der Waals surface area contributed by atoms with Gasteiger partial charge in [-0.1, -0.05) is 12.5 Å². The Bertz CT molecular complexity index is 527. The topological polar surface area (TPSA) is 89.9 Å². The number of phenolic OH excluding ortho intramolecular Hbond substituents is 1. The molecule has 0 radical (unpaired) electrons. The predicted octanol–water partition coefficient (Wildman–Crippen LogP) is 1.91. The molecule has 1 fully saturated rings. The molecular formula is C16H22N2O4. The van der Waals surface area contributed by atoms with Crippen LogP contribution in [0.2, 0.25) is 0 Å². The third kappa shape index (κ3) is 5.04. The average Bonchev–Trinajstić information content (AvgIpc) is 2.47. The number of nitrogens with one attached hydrogen (secondary N) is 1. The van der Waals surface area contributed by atoms with Crippen molar-refractivity contribution in [2.45, 2.75) is 25.7 Å². The maximum absolute atomic E-state index is 12.0. The summed E-state index contributed by atoms with van der Waals surface area (Å²) in [6.45, 7) is 2.21. The maximum atomic E-state index is 12.0. The van der Waals surface area contributed by atoms with Crippen LogP contribution in [0.1, 0.15) is 25.7 Å². The standard InChI is InChI=1S/C16H22N2O4/c19-14-6-4-5-13(10-14)17-15(20)9-12(16(21)22)11-18-7-2-1-3-8-18/h4-6,10,12,19H,1-3,7-9,11H2,(H,17,20)(H,21,22). The quantitative estimate of drug-likeness (QED) is 0.747. The van der Waals surface area contributed by atoms with E-state index in [0.717, 1.165) is 25.9 Å². The van der Waals surface area contributed by atoms with Gasteiger partial charge in [-0.2, -0.15) is 0 Å². The Balaban J connectivity index is 1.89. The van der Waals surface area contributed by atoms with Gasteiger partial charge in [0.2, 0.25) is 5.91 Å². The lowest BCUT2D eigenvalue weighted by molar-refractivity contribution is -0.144. The number of carbonyl (C=O) groups excluding carboxylic acids is 1. The van der Waals surface area contributed by atoms with E-state index >= 15 is 0 Å². The monoisotopic (exact) mass is 306 g/mol. The highest BCUT2D eigenvalue weighted by Gasteiger charge is 2.25. The molecule has 0 spiro atoms. The fourth-order valence-corrected chi connectivity index (χ4v) is 2.70. The van der Waals surface area contributed by atoms with Crippen LogP contribution in [0.25, 0.3) is 0 Å². The number of phenols is 1. The van der Waals surface area contributed by atoms with Crippen LogP contribution in [0.3, 0.4) is 0 Å². The molecule has 6 nitrogen and oxygen atoms in total. The number of likely N-dealkylation sites (tertiary alicyclic amines) is 1. The van der Waals surface area contributed by atoms with E-state index in [4.69, 9.17) is 0 Å². The van der Waals surface area contributed by atoms with Gasteiger partial charge < -0.3 is 20.4 Å². The van der Waals surface area contributed by atoms with Gasteiger partial charge >= 0.3 is 5.97 Å². The average molecular weight is 306 g/mol. The number of carboxylic acids is 1. The molecule has 1 saturated heterocycles. The van der Waals surface area contributed by atoms with Crippen molar-refractivity contribution in [3.05, 3.63) is 24.3 Å². The highest BCUT2D eigenvalue weighted by molar-refractivity contribution is 5.93. The third-order valence-corrected chi connectivity index (χ3v) is 3.84. The van der Waals surface area contributed by atoms with E-state index in [1.54, 1.807) is 12.1 Å². The molecule has 0 saturated carbocycles. The van der Waals surface area contributed by atoms with Crippen molar-refractivity contribution >= 4 is 17.6 Å². The minimum atomic E-state index is -0.948. The van der Waals surface area contributed by atoms with Crippen LogP contribution in [0.5, 0.6) is 5.75 Å². The first-order chi connectivity index (χ1) is 10.5. The molecule has 0 aliphatic carbocycles. The fourth-order valence-electron chi connectivity index (χ4n) is 2.70. The molecule has 1 aliphatic rings. The number of anilines is 1. The number of rotatable bonds is 6. The molecule has 120 valence electrons. The van der Waals surface area contributed by atoms with E-state index in [0.29, 0.717) is 12.2 Å². The summed E-state index contributed by atoms with van der Waals surface area (Å²) in [5, 5.41) is 21.3. The summed E-state index contributed by atoms with van der Waals surface area (Å²) in [6, 6.07) is 6.20. The van der Waals surface area contributed by atoms with Crippen molar-refractivity contribution in [1.29, 1.82) is 0 Å². The Morgan fingerprint density at radius 3 is 2.59 bits per heavy atom. The molecule has 1 aromatic carbocycles. The second-order valence-electron chi connectivity index (χ2n) is 5.70. The summed E-state index contributed by atoms with van der Waals surface area (Å²) in [6.07, 6.45) is 3.29. The van der Waals surface area contributed by atoms with Gasteiger partial charge in [0.1, 0.15) is 5.75 Å². The van der Waals surface area contributed by atoms with Gasteiger partial charge in [0.15, 0.2) is 0 Å². The van der Waals surface area contributed by atoms with Crippen molar-refractivity contribution in [1.82, 2.24) is 4.90 Å². The molecule has 6 heteroatoms. The number of carbonyl (C=O) groups is 2. The molecule has 1 unspecified atom stereocenters. The van der Waals surface area contributed by atoms with Crippen LogP contribution in [0.4, 0.5) is 5.69 Å². The number of benzene rings is 1. The van der Waals surface area contributed by atoms with Crippen molar-refractivity contribution in [2.75, 3.05) is 25.0 Å². The first-order valence-electron chi connectivity index (χ1n) is 7.58. The Kier molecular flexibility index (Phi) is 5.77. The van der Waals surface area contributed by atoms with E-state index in [2.05, 4.69) is 10.2 Å². The lowest BCUT2D eigenvalue weighted by Gasteiger charge is -2.28. The Morgan fingerprint density at radius 2 is 1.95 bits per heavy atom. The Labute approximate surface area is 129 Å². The summed E-state index contributed by atoms with van der Waals surface area (Å²) in [5.41, 5.74) is 0.465. The van der Waals surface area contributed by atoms with Gasteiger partial charge in [-0.25, -0.2) is 0 Å². The third-order valence-electron chi connectivity index (χ3n) is 3.84. The molecule has 1 heterocycles. The number of piperidine rings is 1. The minimum Gasteiger partial charge on any atom is -0.508 e. The molecule has 1 aliphatic heterocycles. The van der Waals surface area contributed by atoms with Crippen molar-refractivity contribution in [3.8, 4) is 5.75 Å². The van der Waals surface area contributed by atoms with Crippen molar-refractivity contribution < 1.29 is 19.8 Å². The molecule has 0 aromatic heterocycles. The normalized spacial score (nSPS) is 16.9. The Hall–Kier alpha value is -2.08. The number of hydrogen-bond acceptors (Lipinski definition) is 4. The summed E-state index contributed by atoms with van der Waals surface area (Å²) < 4.78 is 0. The van der Waals surface area contributed by atoms with Gasteiger partial charge in [-0.15, -0.1) is 0 Å². The van der Waals surface area contributed by atoms with Gasteiger partial charge in [-0.3, -0.25) is 9.59 Å². The molecule has 2 rings (SSSR count). The SMILES string of the molecule is O=C(CC(CN1CCCCC1)C(=O)O)Nc1cccc(O)c1. The molecule has 1 atom stereocenters. The zero-order valence-corrected chi connectivity index (χ0v) is 12.5. The van der Waals surface area contributed by atoms with E-state index in [-0.39, 0.29) is 18.1 Å². The number of amides is 1. The zero-order valence-electron chi connectivity index (χ0n) is 12.5. The lowest BCUT2D eigenvalue weighted by Crippen LogP contribution is -2.38. The van der Waals surface area contributed by atoms with Gasteiger partial charge in [0, 0.05) is 24.7 Å². The lowest BCUT2D eigenvalue weighted by atomic mass is 10.0. The largest absolute Gasteiger partial charge is 0.508 e. The minimum absolute atomic E-state index is 0.0564. The second-order valence-corrected chi connectivity index (χ2v) is 5.70. The number of carboxylic acid groups (broad SMARTS) is 1. The van der Waals surface area contributed by atoms with Crippen LogP contribution in [0, 0.1) is 5.92 Å². The molecule has 1 amide bonds. The first-order valence-corrected chi connectivity index (χ1v) is 7.58. The maximum Gasteiger partial charge on any atom is 0.308 e. The zero-order chi connectivity index (χ0) is 15.9. The number of nitrogens with zero attached hydrogens (tertiary/aromatic N) is 1. The van der Waals surface area contributed by atoms with Crippen LogP contribution in [-0.2, 0) is 9.59 Å². The summed E-state index contributed by atoms with van der Waals surface area (Å²) in [7, 11) is 0. The molecule has 22 heavy (non-hydrogen) atoms. The highest BCUT2D eigenvalue weighted by atomic mass is 16.4. The fraction of sp³-hybridized carbons (Fsp3) is 0.500. The van der Waals surface area contributed by atoms with E-state index < -0.39 is 11.9 Å². The molecular weight excluding hydrogens is 284 g/mol. The van der Waals surface area contributed by atoms with Crippen LogP contribution < -0.4 is 5.32 Å². The second kappa shape index (κ2) is 7.79. The predicted molar refractivity (Wildman–Crippen MR) is 82.8 cm³/mol. The number of aromatic hydroxyl groups is 1. The van der Waals surface area contributed by atoms with E-state index in [1.807, 2.05) is 0 Å². The molecule has 0 bridgehead atoms. The van der Waals surface area contributed by atoms with Crippen LogP contribution in [-0.4, -0.2) is 46.6 Å². The number of aliphatic carboxylic acids is 1. The van der Waals surface area contributed by atoms with Crippen LogP contribution in [0.15, 0.2) is 24.3 Å².